The Balaban J connectivity index is 0.00000363. The lowest BCUT2D eigenvalue weighted by molar-refractivity contribution is 0.311. The number of aliphatic imine (C=N–C) groups is 1. The number of thioether (sulfide) groups is 1. The van der Waals surface area contributed by atoms with Crippen molar-refractivity contribution in [2.75, 3.05) is 38.9 Å². The summed E-state index contributed by atoms with van der Waals surface area (Å²) in [6.07, 6.45) is 8.99. The minimum atomic E-state index is 0. The Morgan fingerprint density at radius 1 is 1.25 bits per heavy atom. The van der Waals surface area contributed by atoms with E-state index in [0.29, 0.717) is 24.4 Å². The molecule has 1 saturated carbocycles. The number of nitrogens with zero attached hydrogens (tertiary/aromatic N) is 4. The summed E-state index contributed by atoms with van der Waals surface area (Å²) in [5.41, 5.74) is 0.888. The van der Waals surface area contributed by atoms with E-state index in [2.05, 4.69) is 36.6 Å². The van der Waals surface area contributed by atoms with Crippen LogP contribution in [0.2, 0.25) is 0 Å². The van der Waals surface area contributed by atoms with E-state index in [4.69, 9.17) is 9.47 Å². The molecule has 0 spiro atoms. The maximum atomic E-state index is 5.58. The Kier molecular flexibility index (Phi) is 11.4. The van der Waals surface area contributed by atoms with Crippen molar-refractivity contribution in [2.45, 2.75) is 56.6 Å². The van der Waals surface area contributed by atoms with Gasteiger partial charge >= 0.3 is 0 Å². The number of hydrogen-bond donors (Lipinski definition) is 2. The monoisotopic (exact) mass is 574 g/mol. The van der Waals surface area contributed by atoms with Gasteiger partial charge in [0.25, 0.3) is 0 Å². The molecule has 1 aromatic heterocycles. The maximum Gasteiger partial charge on any atom is 0.195 e. The van der Waals surface area contributed by atoms with E-state index >= 15 is 0 Å². The van der Waals surface area contributed by atoms with Crippen LogP contribution in [-0.2, 0) is 6.42 Å². The number of methoxy groups -OCH3 is 1. The molecule has 0 bridgehead atoms. The maximum absolute atomic E-state index is 5.58. The van der Waals surface area contributed by atoms with Crippen molar-refractivity contribution in [1.82, 2.24) is 20.1 Å². The van der Waals surface area contributed by atoms with Crippen LogP contribution in [-0.4, -0.2) is 54.3 Å². The lowest BCUT2D eigenvalue weighted by Gasteiger charge is -2.17. The van der Waals surface area contributed by atoms with E-state index in [-0.39, 0.29) is 24.0 Å². The smallest absolute Gasteiger partial charge is 0.195 e. The number of nitrogens with one attached hydrogen (secondary N) is 2. The summed E-state index contributed by atoms with van der Waals surface area (Å²) in [6.45, 7) is 3.34. The molecule has 3 rings (SSSR count). The quantitative estimate of drug-likeness (QED) is 0.139. The molecule has 0 amide bonds. The first-order valence-electron chi connectivity index (χ1n) is 11.0. The van der Waals surface area contributed by atoms with E-state index in [1.165, 1.54) is 25.7 Å². The van der Waals surface area contributed by atoms with E-state index in [0.717, 1.165) is 41.8 Å². The van der Waals surface area contributed by atoms with Gasteiger partial charge in [-0.3, -0.25) is 4.99 Å². The molecular weight excluding hydrogens is 539 g/mol. The fourth-order valence-electron chi connectivity index (χ4n) is 3.94. The summed E-state index contributed by atoms with van der Waals surface area (Å²) in [7, 11) is 3.41. The van der Waals surface area contributed by atoms with E-state index in [9.17, 15) is 0 Å². The lowest BCUT2D eigenvalue weighted by atomic mass is 10.2. The highest BCUT2D eigenvalue weighted by Crippen LogP contribution is 2.33. The third-order valence-electron chi connectivity index (χ3n) is 5.43. The molecule has 1 aliphatic rings. The standard InChI is InChI=1S/C22H34N6O2S.HI/c1-5-30-18-13-12-16(15-19(18)29-3)25-21(23-2)24-14-8-11-20-26-27-22(31-4)28(20)17-9-6-7-10-17;/h12-13,15,17H,5-11,14H2,1-4H3,(H2,23,24,25);1H. The van der Waals surface area contributed by atoms with Crippen LogP contribution in [0.15, 0.2) is 28.3 Å². The minimum absolute atomic E-state index is 0. The molecule has 1 heterocycles. The van der Waals surface area contributed by atoms with Gasteiger partial charge in [0.05, 0.1) is 13.7 Å². The zero-order chi connectivity index (χ0) is 22.1. The molecule has 1 aromatic carbocycles. The van der Waals surface area contributed by atoms with Crippen molar-refractivity contribution in [3.8, 4) is 11.5 Å². The van der Waals surface area contributed by atoms with Gasteiger partial charge in [-0.1, -0.05) is 24.6 Å². The largest absolute Gasteiger partial charge is 0.493 e. The predicted molar refractivity (Wildman–Crippen MR) is 142 cm³/mol. The second kappa shape index (κ2) is 13.8. The molecule has 0 aliphatic heterocycles. The van der Waals surface area contributed by atoms with Gasteiger partial charge in [-0.05, 0) is 44.6 Å². The van der Waals surface area contributed by atoms with Crippen molar-refractivity contribution in [3.63, 3.8) is 0 Å². The third-order valence-corrected chi connectivity index (χ3v) is 6.07. The summed E-state index contributed by atoms with van der Waals surface area (Å²) in [4.78, 5) is 4.33. The van der Waals surface area contributed by atoms with Crippen LogP contribution < -0.4 is 20.1 Å². The van der Waals surface area contributed by atoms with Gasteiger partial charge in [0, 0.05) is 37.8 Å². The third kappa shape index (κ3) is 6.90. The van der Waals surface area contributed by atoms with Crippen LogP contribution >= 0.6 is 35.7 Å². The van der Waals surface area contributed by atoms with Gasteiger partial charge in [-0.15, -0.1) is 34.2 Å². The summed E-state index contributed by atoms with van der Waals surface area (Å²) in [5.74, 6) is 3.23. The average Bonchev–Trinajstić information content (AvgIpc) is 3.46. The molecule has 2 N–H and O–H groups in total. The summed E-state index contributed by atoms with van der Waals surface area (Å²) >= 11 is 1.68. The highest BCUT2D eigenvalue weighted by atomic mass is 127. The number of anilines is 1. The van der Waals surface area contributed by atoms with Gasteiger partial charge in [0.1, 0.15) is 5.82 Å². The molecule has 1 fully saturated rings. The van der Waals surface area contributed by atoms with Gasteiger partial charge in [0.2, 0.25) is 0 Å². The Morgan fingerprint density at radius 3 is 2.69 bits per heavy atom. The molecule has 32 heavy (non-hydrogen) atoms. The number of aromatic nitrogens is 3. The molecule has 0 radical (unpaired) electrons. The van der Waals surface area contributed by atoms with Crippen molar-refractivity contribution in [2.24, 2.45) is 4.99 Å². The van der Waals surface area contributed by atoms with Crippen LogP contribution in [0.3, 0.4) is 0 Å². The fraction of sp³-hybridized carbons (Fsp3) is 0.591. The first-order chi connectivity index (χ1) is 15.2. The number of halogens is 1. The normalized spacial score (nSPS) is 14.2. The molecule has 0 unspecified atom stereocenters. The Hall–Kier alpha value is -1.69. The highest BCUT2D eigenvalue weighted by molar-refractivity contribution is 14.0. The van der Waals surface area contributed by atoms with Crippen molar-refractivity contribution in [1.29, 1.82) is 0 Å². The van der Waals surface area contributed by atoms with Crippen LogP contribution in [0.5, 0.6) is 11.5 Å². The number of benzene rings is 1. The first kappa shape index (κ1) is 26.6. The van der Waals surface area contributed by atoms with E-state index in [1.807, 2.05) is 25.1 Å². The SMILES string of the molecule is CCOc1ccc(NC(=NC)NCCCc2nnc(SC)n2C2CCCC2)cc1OC.I. The lowest BCUT2D eigenvalue weighted by Crippen LogP contribution is -2.31. The topological polar surface area (TPSA) is 85.6 Å². The number of ether oxygens (including phenoxy) is 2. The average molecular weight is 575 g/mol. The Bertz CT molecular complexity index is 870. The highest BCUT2D eigenvalue weighted by Gasteiger charge is 2.23. The van der Waals surface area contributed by atoms with E-state index < -0.39 is 0 Å². The minimum Gasteiger partial charge on any atom is -0.493 e. The zero-order valence-electron chi connectivity index (χ0n) is 19.4. The van der Waals surface area contributed by atoms with Gasteiger partial charge in [-0.2, -0.15) is 0 Å². The van der Waals surface area contributed by atoms with E-state index in [1.54, 1.807) is 25.9 Å². The molecule has 0 atom stereocenters. The van der Waals surface area contributed by atoms with Crippen LogP contribution in [0, 0.1) is 0 Å². The van der Waals surface area contributed by atoms with Gasteiger partial charge < -0.3 is 24.7 Å². The summed E-state index contributed by atoms with van der Waals surface area (Å²) in [5, 5.41) is 16.6. The summed E-state index contributed by atoms with van der Waals surface area (Å²) < 4.78 is 13.4. The van der Waals surface area contributed by atoms with Crippen molar-refractivity contribution >= 4 is 47.4 Å². The molecule has 178 valence electrons. The fourth-order valence-corrected chi connectivity index (χ4v) is 4.51. The van der Waals surface area contributed by atoms with Gasteiger partial charge in [-0.25, -0.2) is 0 Å². The summed E-state index contributed by atoms with van der Waals surface area (Å²) in [6, 6.07) is 6.32. The molecule has 10 heteroatoms. The van der Waals surface area contributed by atoms with Crippen molar-refractivity contribution < 1.29 is 9.47 Å². The molecule has 8 nitrogen and oxygen atoms in total. The molecule has 0 saturated heterocycles. The number of guanidine groups is 1. The van der Waals surface area contributed by atoms with Crippen LogP contribution in [0.4, 0.5) is 5.69 Å². The molecule has 2 aromatic rings. The zero-order valence-corrected chi connectivity index (χ0v) is 22.5. The Morgan fingerprint density at radius 2 is 2.03 bits per heavy atom. The van der Waals surface area contributed by atoms with Crippen LogP contribution in [0.1, 0.15) is 50.9 Å². The predicted octanol–water partition coefficient (Wildman–Crippen LogP) is 4.76. The molecule has 1 aliphatic carbocycles. The number of hydrogen-bond acceptors (Lipinski definition) is 6. The second-order valence-corrected chi connectivity index (χ2v) is 8.21. The van der Waals surface area contributed by atoms with Crippen LogP contribution in [0.25, 0.3) is 0 Å². The Labute approximate surface area is 212 Å². The number of rotatable bonds is 10. The number of aryl methyl sites for hydroxylation is 1. The second-order valence-electron chi connectivity index (χ2n) is 7.44. The van der Waals surface area contributed by atoms with Gasteiger partial charge in [0.15, 0.2) is 22.6 Å². The van der Waals surface area contributed by atoms with Crippen molar-refractivity contribution in [3.05, 3.63) is 24.0 Å². The molecular formula is C22H35IN6O2S. The first-order valence-corrected chi connectivity index (χ1v) is 12.2.